The molecule has 0 heterocycles. The number of halogens is 2. The highest BCUT2D eigenvalue weighted by Crippen LogP contribution is 2.38. The van der Waals surface area contributed by atoms with Gasteiger partial charge in [-0.25, -0.2) is 4.39 Å². The summed E-state index contributed by atoms with van der Waals surface area (Å²) in [7, 11) is 0. The number of rotatable bonds is 2. The Morgan fingerprint density at radius 1 is 1.16 bits per heavy atom. The molecule has 1 saturated carbocycles. The predicted octanol–water partition coefficient (Wildman–Crippen LogP) is 5.61. The van der Waals surface area contributed by atoms with Gasteiger partial charge >= 0.3 is 0 Å². The van der Waals surface area contributed by atoms with Crippen LogP contribution in [0, 0.1) is 17.2 Å². The lowest BCUT2D eigenvalue weighted by Crippen LogP contribution is -2.31. The monoisotopic (exact) mass is 327 g/mol. The Hall–Kier alpha value is -0.570. The van der Waals surface area contributed by atoms with E-state index < -0.39 is 0 Å². The van der Waals surface area contributed by atoms with Gasteiger partial charge in [-0.05, 0) is 71.1 Å². The maximum atomic E-state index is 13.3. The topological polar surface area (TPSA) is 12.0 Å². The molecule has 19 heavy (non-hydrogen) atoms. The standard InChI is InChI=1S/C16H23BrFN/c1-16(2,3)11-4-7-13(8-5-11)19-15-10-12(18)6-9-14(15)17/h6,9-11,13,19H,4-5,7-8H2,1-3H3. The summed E-state index contributed by atoms with van der Waals surface area (Å²) >= 11 is 3.47. The molecule has 0 aromatic heterocycles. The third kappa shape index (κ3) is 3.95. The van der Waals surface area contributed by atoms with Crippen LogP contribution in [-0.2, 0) is 0 Å². The second-order valence-corrected chi connectivity index (χ2v) is 7.54. The molecule has 0 saturated heterocycles. The van der Waals surface area contributed by atoms with Crippen LogP contribution in [0.4, 0.5) is 10.1 Å². The summed E-state index contributed by atoms with van der Waals surface area (Å²) in [5.41, 5.74) is 1.28. The van der Waals surface area contributed by atoms with Crippen molar-refractivity contribution in [1.29, 1.82) is 0 Å². The summed E-state index contributed by atoms with van der Waals surface area (Å²) in [6.45, 7) is 6.98. The molecule has 0 spiro atoms. The van der Waals surface area contributed by atoms with Gasteiger partial charge in [0.25, 0.3) is 0 Å². The van der Waals surface area contributed by atoms with Crippen LogP contribution >= 0.6 is 15.9 Å². The number of nitrogens with one attached hydrogen (secondary N) is 1. The Balaban J connectivity index is 1.94. The van der Waals surface area contributed by atoms with Gasteiger partial charge in [0, 0.05) is 10.5 Å². The van der Waals surface area contributed by atoms with Crippen molar-refractivity contribution in [3.8, 4) is 0 Å². The van der Waals surface area contributed by atoms with Crippen LogP contribution in [0.5, 0.6) is 0 Å². The van der Waals surface area contributed by atoms with Crippen LogP contribution < -0.4 is 5.32 Å². The van der Waals surface area contributed by atoms with E-state index in [4.69, 9.17) is 0 Å². The smallest absolute Gasteiger partial charge is 0.125 e. The van der Waals surface area contributed by atoms with E-state index in [0.29, 0.717) is 11.5 Å². The minimum atomic E-state index is -0.186. The second-order valence-electron chi connectivity index (χ2n) is 6.68. The SMILES string of the molecule is CC(C)(C)C1CCC(Nc2cc(F)ccc2Br)CC1. The third-order valence-electron chi connectivity index (χ3n) is 4.24. The molecule has 0 aliphatic heterocycles. The minimum Gasteiger partial charge on any atom is -0.381 e. The van der Waals surface area contributed by atoms with Crippen LogP contribution in [0.1, 0.15) is 46.5 Å². The first-order chi connectivity index (χ1) is 8.86. The van der Waals surface area contributed by atoms with Gasteiger partial charge < -0.3 is 5.32 Å². The van der Waals surface area contributed by atoms with Crippen molar-refractivity contribution in [2.75, 3.05) is 5.32 Å². The van der Waals surface area contributed by atoms with Gasteiger partial charge in [0.2, 0.25) is 0 Å². The van der Waals surface area contributed by atoms with Crippen molar-refractivity contribution in [1.82, 2.24) is 0 Å². The first-order valence-corrected chi connectivity index (χ1v) is 7.87. The Labute approximate surface area is 124 Å². The van der Waals surface area contributed by atoms with Gasteiger partial charge in [-0.2, -0.15) is 0 Å². The highest BCUT2D eigenvalue weighted by molar-refractivity contribution is 9.10. The highest BCUT2D eigenvalue weighted by Gasteiger charge is 2.29. The molecule has 0 bridgehead atoms. The van der Waals surface area contributed by atoms with E-state index in [0.717, 1.165) is 16.1 Å². The molecular formula is C16H23BrFN. The summed E-state index contributed by atoms with van der Waals surface area (Å²) in [4.78, 5) is 0. The minimum absolute atomic E-state index is 0.186. The summed E-state index contributed by atoms with van der Waals surface area (Å²) < 4.78 is 14.2. The Bertz CT molecular complexity index is 431. The van der Waals surface area contributed by atoms with Crippen molar-refractivity contribution in [3.63, 3.8) is 0 Å². The van der Waals surface area contributed by atoms with Gasteiger partial charge in [0.15, 0.2) is 0 Å². The van der Waals surface area contributed by atoms with Gasteiger partial charge in [0.1, 0.15) is 5.82 Å². The van der Waals surface area contributed by atoms with E-state index in [2.05, 4.69) is 42.0 Å². The van der Waals surface area contributed by atoms with Gasteiger partial charge in [-0.1, -0.05) is 20.8 Å². The van der Waals surface area contributed by atoms with Crippen molar-refractivity contribution in [2.24, 2.45) is 11.3 Å². The molecule has 1 fully saturated rings. The molecule has 1 N–H and O–H groups in total. The van der Waals surface area contributed by atoms with Crippen LogP contribution in [-0.4, -0.2) is 6.04 Å². The molecule has 1 aliphatic carbocycles. The van der Waals surface area contributed by atoms with Crippen molar-refractivity contribution >= 4 is 21.6 Å². The molecule has 3 heteroatoms. The third-order valence-corrected chi connectivity index (χ3v) is 4.93. The fourth-order valence-electron chi connectivity index (χ4n) is 2.93. The lowest BCUT2D eigenvalue weighted by atomic mass is 9.71. The van der Waals surface area contributed by atoms with Crippen LogP contribution in [0.15, 0.2) is 22.7 Å². The number of hydrogen-bond donors (Lipinski definition) is 1. The summed E-state index contributed by atoms with van der Waals surface area (Å²) in [6.07, 6.45) is 4.86. The van der Waals surface area contributed by atoms with Crippen LogP contribution in [0.25, 0.3) is 0 Å². The van der Waals surface area contributed by atoms with E-state index in [1.54, 1.807) is 12.1 Å². The first kappa shape index (κ1) is 14.8. The van der Waals surface area contributed by atoms with Crippen molar-refractivity contribution in [3.05, 3.63) is 28.5 Å². The predicted molar refractivity (Wildman–Crippen MR) is 82.9 cm³/mol. The summed E-state index contributed by atoms with van der Waals surface area (Å²) in [6, 6.07) is 5.28. The molecule has 106 valence electrons. The Kier molecular flexibility index (Phi) is 4.54. The fourth-order valence-corrected chi connectivity index (χ4v) is 3.29. The van der Waals surface area contributed by atoms with E-state index >= 15 is 0 Å². The van der Waals surface area contributed by atoms with Crippen LogP contribution in [0.2, 0.25) is 0 Å². The highest BCUT2D eigenvalue weighted by atomic mass is 79.9. The first-order valence-electron chi connectivity index (χ1n) is 7.08. The maximum Gasteiger partial charge on any atom is 0.125 e. The zero-order valence-corrected chi connectivity index (χ0v) is 13.6. The quantitative estimate of drug-likeness (QED) is 0.744. The molecule has 0 unspecified atom stereocenters. The van der Waals surface area contributed by atoms with E-state index in [9.17, 15) is 4.39 Å². The number of anilines is 1. The Morgan fingerprint density at radius 3 is 2.37 bits per heavy atom. The van der Waals surface area contributed by atoms with Crippen molar-refractivity contribution < 1.29 is 4.39 Å². The molecule has 0 atom stereocenters. The van der Waals surface area contributed by atoms with E-state index in [1.165, 1.54) is 31.7 Å². The number of benzene rings is 1. The largest absolute Gasteiger partial charge is 0.381 e. The molecule has 2 rings (SSSR count). The second kappa shape index (κ2) is 5.82. The molecular weight excluding hydrogens is 305 g/mol. The van der Waals surface area contributed by atoms with Crippen molar-refractivity contribution in [2.45, 2.75) is 52.5 Å². The normalized spacial score (nSPS) is 24.3. The molecule has 1 aliphatic rings. The zero-order valence-electron chi connectivity index (χ0n) is 12.0. The lowest BCUT2D eigenvalue weighted by molar-refractivity contribution is 0.173. The van der Waals surface area contributed by atoms with E-state index in [-0.39, 0.29) is 5.82 Å². The summed E-state index contributed by atoms with van der Waals surface area (Å²) in [5.74, 6) is 0.621. The van der Waals surface area contributed by atoms with Gasteiger partial charge in [0.05, 0.1) is 5.69 Å². The average Bonchev–Trinajstić information content (AvgIpc) is 2.33. The fraction of sp³-hybridized carbons (Fsp3) is 0.625. The lowest BCUT2D eigenvalue weighted by Gasteiger charge is -2.37. The average molecular weight is 328 g/mol. The van der Waals surface area contributed by atoms with Crippen LogP contribution in [0.3, 0.4) is 0 Å². The molecule has 1 nitrogen and oxygen atoms in total. The zero-order chi connectivity index (χ0) is 14.0. The summed E-state index contributed by atoms with van der Waals surface area (Å²) in [5, 5.41) is 3.48. The molecule has 0 radical (unpaired) electrons. The molecule has 1 aromatic rings. The maximum absolute atomic E-state index is 13.3. The van der Waals surface area contributed by atoms with Gasteiger partial charge in [-0.3, -0.25) is 0 Å². The Morgan fingerprint density at radius 2 is 1.79 bits per heavy atom. The van der Waals surface area contributed by atoms with Gasteiger partial charge in [-0.15, -0.1) is 0 Å². The van der Waals surface area contributed by atoms with E-state index in [1.807, 2.05) is 0 Å². The number of hydrogen-bond acceptors (Lipinski definition) is 1. The molecule has 1 aromatic carbocycles. The molecule has 0 amide bonds.